The molecule has 2 aromatic heterocycles. The van der Waals surface area contributed by atoms with Crippen molar-refractivity contribution in [2.24, 2.45) is 0 Å². The highest BCUT2D eigenvalue weighted by molar-refractivity contribution is 5.91. The molecule has 0 radical (unpaired) electrons. The molecule has 0 spiro atoms. The first-order valence-electron chi connectivity index (χ1n) is 15.0. The molecule has 222 valence electrons. The van der Waals surface area contributed by atoms with Crippen LogP contribution in [0.4, 0.5) is 4.79 Å². The number of rotatable bonds is 4. The highest BCUT2D eigenvalue weighted by atomic mass is 16.6. The van der Waals surface area contributed by atoms with Crippen LogP contribution in [0.15, 0.2) is 60.8 Å². The summed E-state index contributed by atoms with van der Waals surface area (Å²) in [5.41, 5.74) is 5.54. The number of carbonyl (C=O) groups is 1. The van der Waals surface area contributed by atoms with Gasteiger partial charge in [0.2, 0.25) is 0 Å². The number of fused-ring (bicyclic) bond motifs is 2. The summed E-state index contributed by atoms with van der Waals surface area (Å²) in [5, 5.41) is 2.34. The van der Waals surface area contributed by atoms with Crippen molar-refractivity contribution in [1.82, 2.24) is 24.8 Å². The molecular formula is C34H37N5O4. The molecule has 0 saturated carbocycles. The lowest BCUT2D eigenvalue weighted by Gasteiger charge is -2.35. The summed E-state index contributed by atoms with van der Waals surface area (Å²) in [6.07, 6.45) is 3.77. The van der Waals surface area contributed by atoms with E-state index in [0.717, 1.165) is 65.3 Å². The minimum Gasteiger partial charge on any atom is -0.444 e. The third-order valence-electron chi connectivity index (χ3n) is 8.20. The topological polar surface area (TPSA) is 105 Å². The predicted molar refractivity (Wildman–Crippen MR) is 166 cm³/mol. The third kappa shape index (κ3) is 5.75. The van der Waals surface area contributed by atoms with Gasteiger partial charge in [0.25, 0.3) is 0 Å². The number of nitrogens with one attached hydrogen (secondary N) is 2. The van der Waals surface area contributed by atoms with Crippen molar-refractivity contribution in [3.8, 4) is 22.4 Å². The highest BCUT2D eigenvalue weighted by Crippen LogP contribution is 2.32. The van der Waals surface area contributed by atoms with E-state index in [-0.39, 0.29) is 12.1 Å². The van der Waals surface area contributed by atoms with Crippen LogP contribution in [0.2, 0.25) is 0 Å². The van der Waals surface area contributed by atoms with Gasteiger partial charge in [0.1, 0.15) is 23.3 Å². The van der Waals surface area contributed by atoms with E-state index in [1.165, 1.54) is 10.8 Å². The molecule has 43 heavy (non-hydrogen) atoms. The Kier molecular flexibility index (Phi) is 7.15. The second-order valence-electron chi connectivity index (χ2n) is 12.5. The monoisotopic (exact) mass is 579 g/mol. The van der Waals surface area contributed by atoms with Crippen LogP contribution in [0, 0.1) is 0 Å². The first-order chi connectivity index (χ1) is 20.8. The van der Waals surface area contributed by atoms with Gasteiger partial charge in [0, 0.05) is 24.6 Å². The number of benzene rings is 3. The molecule has 2 aliphatic heterocycles. The lowest BCUT2D eigenvalue weighted by molar-refractivity contribution is -0.0348. The normalized spacial score (nSPS) is 19.7. The number of aromatic nitrogens is 4. The molecule has 2 saturated heterocycles. The summed E-state index contributed by atoms with van der Waals surface area (Å²) >= 11 is 0. The van der Waals surface area contributed by atoms with Gasteiger partial charge in [0.05, 0.1) is 42.7 Å². The van der Waals surface area contributed by atoms with Crippen LogP contribution >= 0.6 is 0 Å². The van der Waals surface area contributed by atoms with Gasteiger partial charge in [-0.25, -0.2) is 14.8 Å². The van der Waals surface area contributed by atoms with E-state index in [1.54, 1.807) is 4.90 Å². The Morgan fingerprint density at radius 1 is 0.907 bits per heavy atom. The molecule has 3 aromatic carbocycles. The van der Waals surface area contributed by atoms with Crippen LogP contribution in [-0.2, 0) is 14.2 Å². The Hall–Kier alpha value is -4.21. The van der Waals surface area contributed by atoms with Gasteiger partial charge in [-0.1, -0.05) is 30.3 Å². The SMILES string of the molecule is CC(C)(C)OC(=O)N1CCOCC1c1nc2ccc(-c3ccc4cc(-c5cnc([C@H]6CCCOC6)[nH]5)ccc4c3)cc2[nH]1. The van der Waals surface area contributed by atoms with Crippen molar-refractivity contribution in [2.45, 2.75) is 51.2 Å². The molecule has 1 amide bonds. The van der Waals surface area contributed by atoms with E-state index in [2.05, 4.69) is 63.5 Å². The van der Waals surface area contributed by atoms with Gasteiger partial charge >= 0.3 is 6.09 Å². The zero-order valence-electron chi connectivity index (χ0n) is 24.9. The van der Waals surface area contributed by atoms with Gasteiger partial charge in [-0.3, -0.25) is 4.90 Å². The number of ether oxygens (including phenoxy) is 3. The number of nitrogens with zero attached hydrogens (tertiary/aromatic N) is 3. The Morgan fingerprint density at radius 2 is 1.65 bits per heavy atom. The molecule has 1 unspecified atom stereocenters. The van der Waals surface area contributed by atoms with Gasteiger partial charge in [-0.15, -0.1) is 0 Å². The second-order valence-corrected chi connectivity index (χ2v) is 12.5. The van der Waals surface area contributed by atoms with E-state index in [0.29, 0.717) is 31.5 Å². The quantitative estimate of drug-likeness (QED) is 0.238. The zero-order valence-corrected chi connectivity index (χ0v) is 24.9. The van der Waals surface area contributed by atoms with Crippen LogP contribution in [0.25, 0.3) is 44.2 Å². The molecule has 2 atom stereocenters. The lowest BCUT2D eigenvalue weighted by Crippen LogP contribution is -2.46. The standard InChI is InChI=1S/C34H37N5O4/c1-34(2,3)43-33(40)39-12-14-42-20-30(39)32-36-27-11-10-24(17-28(27)37-32)22-6-7-23-16-25(9-8-21(23)15-22)29-18-35-31(38-29)26-5-4-13-41-19-26/h6-11,15-18,26,30H,4-5,12-14,19-20H2,1-3H3,(H,35,38)(H,36,37)/t26-,30?/m0/s1. The summed E-state index contributed by atoms with van der Waals surface area (Å²) < 4.78 is 17.0. The molecule has 2 aliphatic rings. The molecule has 9 heteroatoms. The number of hydrogen-bond donors (Lipinski definition) is 2. The number of aromatic amines is 2. The average Bonchev–Trinajstić information content (AvgIpc) is 3.68. The molecule has 7 rings (SSSR count). The molecule has 9 nitrogen and oxygen atoms in total. The van der Waals surface area contributed by atoms with E-state index in [1.807, 2.05) is 33.0 Å². The second kappa shape index (κ2) is 11.1. The Labute approximate surface area is 250 Å². The Morgan fingerprint density at radius 3 is 2.44 bits per heavy atom. The summed E-state index contributed by atoms with van der Waals surface area (Å²) in [7, 11) is 0. The predicted octanol–water partition coefficient (Wildman–Crippen LogP) is 6.98. The molecule has 0 aliphatic carbocycles. The van der Waals surface area contributed by atoms with Crippen molar-refractivity contribution >= 4 is 27.9 Å². The fourth-order valence-corrected chi connectivity index (χ4v) is 5.98. The zero-order chi connectivity index (χ0) is 29.6. The number of hydrogen-bond acceptors (Lipinski definition) is 6. The number of carbonyl (C=O) groups excluding carboxylic acids is 1. The molecule has 5 aromatic rings. The first-order valence-corrected chi connectivity index (χ1v) is 15.0. The third-order valence-corrected chi connectivity index (χ3v) is 8.20. The van der Waals surface area contributed by atoms with Crippen LogP contribution in [0.5, 0.6) is 0 Å². The first kappa shape index (κ1) is 27.6. The largest absolute Gasteiger partial charge is 0.444 e. The molecular weight excluding hydrogens is 542 g/mol. The van der Waals surface area contributed by atoms with Crippen LogP contribution in [0.3, 0.4) is 0 Å². The van der Waals surface area contributed by atoms with Crippen molar-refractivity contribution in [3.05, 3.63) is 72.4 Å². The van der Waals surface area contributed by atoms with Crippen LogP contribution < -0.4 is 0 Å². The Bertz CT molecular complexity index is 1780. The molecule has 0 bridgehead atoms. The Balaban J connectivity index is 1.12. The maximum atomic E-state index is 12.9. The maximum Gasteiger partial charge on any atom is 0.411 e. The average molecular weight is 580 g/mol. The van der Waals surface area contributed by atoms with Gasteiger partial charge in [0.15, 0.2) is 0 Å². The van der Waals surface area contributed by atoms with Crippen molar-refractivity contribution in [2.75, 3.05) is 33.0 Å². The van der Waals surface area contributed by atoms with E-state index >= 15 is 0 Å². The highest BCUT2D eigenvalue weighted by Gasteiger charge is 2.34. The van der Waals surface area contributed by atoms with Crippen LogP contribution in [-0.4, -0.2) is 69.5 Å². The van der Waals surface area contributed by atoms with Crippen molar-refractivity contribution in [1.29, 1.82) is 0 Å². The number of morpholine rings is 1. The lowest BCUT2D eigenvalue weighted by atomic mass is 9.99. The van der Waals surface area contributed by atoms with Gasteiger partial charge < -0.3 is 24.2 Å². The maximum absolute atomic E-state index is 12.9. The van der Waals surface area contributed by atoms with Gasteiger partial charge in [-0.05, 0) is 79.8 Å². The fraction of sp³-hybridized carbons (Fsp3) is 0.382. The fourth-order valence-electron chi connectivity index (χ4n) is 5.98. The van der Waals surface area contributed by atoms with E-state index in [4.69, 9.17) is 19.2 Å². The number of imidazole rings is 2. The van der Waals surface area contributed by atoms with E-state index in [9.17, 15) is 4.79 Å². The van der Waals surface area contributed by atoms with Crippen LogP contribution in [0.1, 0.15) is 57.2 Å². The molecule has 4 heterocycles. The minimum absolute atomic E-state index is 0.337. The van der Waals surface area contributed by atoms with E-state index < -0.39 is 5.60 Å². The minimum atomic E-state index is -0.572. The number of H-pyrrole nitrogens is 2. The molecule has 2 N–H and O–H groups in total. The number of amides is 1. The molecule has 2 fully saturated rings. The summed E-state index contributed by atoms with van der Waals surface area (Å²) in [4.78, 5) is 31.1. The van der Waals surface area contributed by atoms with Gasteiger partial charge in [-0.2, -0.15) is 0 Å². The van der Waals surface area contributed by atoms with Crippen molar-refractivity contribution < 1.29 is 19.0 Å². The summed E-state index contributed by atoms with van der Waals surface area (Å²) in [6, 6.07) is 18.9. The van der Waals surface area contributed by atoms with Crippen molar-refractivity contribution in [3.63, 3.8) is 0 Å². The summed E-state index contributed by atoms with van der Waals surface area (Å²) in [5.74, 6) is 2.05. The summed E-state index contributed by atoms with van der Waals surface area (Å²) in [6.45, 7) is 8.50. The smallest absolute Gasteiger partial charge is 0.411 e.